The summed E-state index contributed by atoms with van der Waals surface area (Å²) in [5, 5.41) is -0.517. The molecule has 1 aliphatic rings. The Morgan fingerprint density at radius 1 is 1.27 bits per heavy atom. The quantitative estimate of drug-likeness (QED) is 0.617. The number of hydrogen-bond donors (Lipinski definition) is 0. The van der Waals surface area contributed by atoms with Gasteiger partial charge in [-0.3, -0.25) is 0 Å². The van der Waals surface area contributed by atoms with Crippen molar-refractivity contribution in [3.8, 4) is 5.75 Å². The Kier molecular flexibility index (Phi) is 3.17. The molecule has 0 N–H and O–H groups in total. The molecule has 0 amide bonds. The van der Waals surface area contributed by atoms with Crippen molar-refractivity contribution >= 4 is 32.7 Å². The first-order chi connectivity index (χ1) is 7.08. The molecular weight excluding hydrogens is 331 g/mol. The maximum atomic E-state index is 11.6. The highest BCUT2D eigenvalue weighted by molar-refractivity contribution is 14.1. The Balaban J connectivity index is 2.11. The molecule has 82 valence electrons. The molecule has 1 aromatic rings. The minimum atomic E-state index is -3.52. The van der Waals surface area contributed by atoms with Gasteiger partial charge in [-0.05, 0) is 46.9 Å². The second-order valence-corrected chi connectivity index (χ2v) is 6.25. The molecule has 4 nitrogen and oxygen atoms in total. The fourth-order valence-electron chi connectivity index (χ4n) is 1.07. The minimum Gasteiger partial charge on any atom is -0.382 e. The third-order valence-electron chi connectivity index (χ3n) is 2.04. The normalized spacial score (nSPS) is 17.1. The van der Waals surface area contributed by atoms with Crippen molar-refractivity contribution in [1.29, 1.82) is 0 Å². The Bertz CT molecular complexity index is 436. The van der Waals surface area contributed by atoms with Crippen molar-refractivity contribution in [2.24, 2.45) is 0 Å². The molecule has 1 aliphatic heterocycles. The van der Waals surface area contributed by atoms with Crippen LogP contribution in [0.25, 0.3) is 0 Å². The Hall–Kier alpha value is -0.340. The lowest BCUT2D eigenvalue weighted by molar-refractivity contribution is 0.0389. The molecule has 0 bridgehead atoms. The van der Waals surface area contributed by atoms with Crippen LogP contribution in [-0.2, 0) is 14.9 Å². The molecule has 0 radical (unpaired) electrons. The van der Waals surface area contributed by atoms with E-state index in [-0.39, 0.29) is 13.2 Å². The smallest absolute Gasteiger partial charge is 0.316 e. The SMILES string of the molecule is O=S(=O)(Oc1ccc(I)cc1)C1COC1. The highest BCUT2D eigenvalue weighted by Gasteiger charge is 2.34. The summed E-state index contributed by atoms with van der Waals surface area (Å²) in [5.74, 6) is 0.349. The number of ether oxygens (including phenoxy) is 1. The molecule has 15 heavy (non-hydrogen) atoms. The van der Waals surface area contributed by atoms with Crippen molar-refractivity contribution < 1.29 is 17.3 Å². The molecule has 1 heterocycles. The summed E-state index contributed by atoms with van der Waals surface area (Å²) in [6.45, 7) is 0.458. The fraction of sp³-hybridized carbons (Fsp3) is 0.333. The van der Waals surface area contributed by atoms with Crippen LogP contribution in [0.15, 0.2) is 24.3 Å². The third-order valence-corrected chi connectivity index (χ3v) is 4.27. The first kappa shape index (κ1) is 11.2. The van der Waals surface area contributed by atoms with E-state index in [0.717, 1.165) is 3.57 Å². The topological polar surface area (TPSA) is 52.6 Å². The predicted octanol–water partition coefficient (Wildman–Crippen LogP) is 1.40. The van der Waals surface area contributed by atoms with Crippen molar-refractivity contribution in [3.05, 3.63) is 27.8 Å². The van der Waals surface area contributed by atoms with E-state index in [9.17, 15) is 8.42 Å². The molecule has 0 unspecified atom stereocenters. The highest BCUT2D eigenvalue weighted by Crippen LogP contribution is 2.20. The minimum absolute atomic E-state index is 0.229. The lowest BCUT2D eigenvalue weighted by Crippen LogP contribution is -2.42. The largest absolute Gasteiger partial charge is 0.382 e. The average molecular weight is 340 g/mol. The zero-order valence-corrected chi connectivity index (χ0v) is 10.7. The molecular formula is C9H9IO4S. The van der Waals surface area contributed by atoms with E-state index in [1.54, 1.807) is 24.3 Å². The molecule has 0 aliphatic carbocycles. The summed E-state index contributed by atoms with van der Waals surface area (Å²) in [5.41, 5.74) is 0. The van der Waals surface area contributed by atoms with Crippen LogP contribution in [0.1, 0.15) is 0 Å². The molecule has 2 rings (SSSR count). The van der Waals surface area contributed by atoms with Gasteiger partial charge in [-0.2, -0.15) is 8.42 Å². The molecule has 1 saturated heterocycles. The molecule has 6 heteroatoms. The van der Waals surface area contributed by atoms with Gasteiger partial charge in [0.1, 0.15) is 11.0 Å². The highest BCUT2D eigenvalue weighted by atomic mass is 127. The molecule has 0 aromatic heterocycles. The summed E-state index contributed by atoms with van der Waals surface area (Å²) in [4.78, 5) is 0. The monoisotopic (exact) mass is 340 g/mol. The maximum absolute atomic E-state index is 11.6. The molecule has 0 atom stereocenters. The van der Waals surface area contributed by atoms with Crippen LogP contribution in [0.3, 0.4) is 0 Å². The molecule has 0 spiro atoms. The van der Waals surface area contributed by atoms with E-state index in [4.69, 9.17) is 8.92 Å². The summed E-state index contributed by atoms with van der Waals surface area (Å²) in [7, 11) is -3.52. The second-order valence-electron chi connectivity index (χ2n) is 3.19. The Morgan fingerprint density at radius 3 is 2.33 bits per heavy atom. The molecule has 0 saturated carbocycles. The number of benzene rings is 1. The third kappa shape index (κ3) is 2.61. The van der Waals surface area contributed by atoms with Gasteiger partial charge in [0.2, 0.25) is 0 Å². The van der Waals surface area contributed by atoms with Crippen LogP contribution in [0.4, 0.5) is 0 Å². The van der Waals surface area contributed by atoms with E-state index >= 15 is 0 Å². The van der Waals surface area contributed by atoms with Gasteiger partial charge in [0, 0.05) is 3.57 Å². The van der Waals surface area contributed by atoms with Gasteiger partial charge in [-0.15, -0.1) is 0 Å². The van der Waals surface area contributed by atoms with Crippen LogP contribution in [0, 0.1) is 3.57 Å². The summed E-state index contributed by atoms with van der Waals surface area (Å²) < 4.78 is 33.9. The zero-order valence-electron chi connectivity index (χ0n) is 7.72. The first-order valence-corrected chi connectivity index (χ1v) is 6.89. The maximum Gasteiger partial charge on any atom is 0.316 e. The Morgan fingerprint density at radius 2 is 1.87 bits per heavy atom. The Labute approximate surface area is 102 Å². The first-order valence-electron chi connectivity index (χ1n) is 4.34. The van der Waals surface area contributed by atoms with Crippen molar-refractivity contribution in [2.45, 2.75) is 5.25 Å². The van der Waals surface area contributed by atoms with Gasteiger partial charge < -0.3 is 8.92 Å². The van der Waals surface area contributed by atoms with E-state index in [2.05, 4.69) is 22.6 Å². The van der Waals surface area contributed by atoms with E-state index in [1.165, 1.54) is 0 Å². The van der Waals surface area contributed by atoms with Crippen molar-refractivity contribution in [2.75, 3.05) is 13.2 Å². The molecule has 1 fully saturated rings. The lowest BCUT2D eigenvalue weighted by atomic mass is 10.3. The van der Waals surface area contributed by atoms with Gasteiger partial charge in [0.15, 0.2) is 0 Å². The second kappa shape index (κ2) is 4.26. The van der Waals surface area contributed by atoms with Crippen LogP contribution < -0.4 is 4.18 Å². The molecule has 1 aromatic carbocycles. The van der Waals surface area contributed by atoms with E-state index < -0.39 is 15.4 Å². The zero-order chi connectivity index (χ0) is 10.9. The lowest BCUT2D eigenvalue weighted by Gasteiger charge is -2.24. The van der Waals surface area contributed by atoms with E-state index in [0.29, 0.717) is 5.75 Å². The summed E-state index contributed by atoms with van der Waals surface area (Å²) in [6.07, 6.45) is 0. The average Bonchev–Trinajstić information content (AvgIpc) is 2.04. The van der Waals surface area contributed by atoms with Crippen LogP contribution in [-0.4, -0.2) is 26.9 Å². The van der Waals surface area contributed by atoms with Gasteiger partial charge in [-0.25, -0.2) is 0 Å². The van der Waals surface area contributed by atoms with Gasteiger partial charge in [0.05, 0.1) is 13.2 Å². The van der Waals surface area contributed by atoms with E-state index in [1.807, 2.05) is 0 Å². The van der Waals surface area contributed by atoms with Crippen LogP contribution >= 0.6 is 22.6 Å². The standard InChI is InChI=1S/C9H9IO4S/c10-7-1-3-8(4-2-7)14-15(11,12)9-5-13-6-9/h1-4,9H,5-6H2. The fourth-order valence-corrected chi connectivity index (χ4v) is 2.47. The summed E-state index contributed by atoms with van der Waals surface area (Å²) in [6, 6.07) is 6.86. The number of hydrogen-bond acceptors (Lipinski definition) is 4. The van der Waals surface area contributed by atoms with Crippen molar-refractivity contribution in [3.63, 3.8) is 0 Å². The van der Waals surface area contributed by atoms with Crippen molar-refractivity contribution in [1.82, 2.24) is 0 Å². The predicted molar refractivity (Wildman–Crippen MR) is 63.3 cm³/mol. The van der Waals surface area contributed by atoms with Gasteiger partial charge in [-0.1, -0.05) is 0 Å². The van der Waals surface area contributed by atoms with Crippen LogP contribution in [0.5, 0.6) is 5.75 Å². The summed E-state index contributed by atoms with van der Waals surface area (Å²) >= 11 is 2.14. The van der Waals surface area contributed by atoms with Gasteiger partial charge >= 0.3 is 10.1 Å². The van der Waals surface area contributed by atoms with Gasteiger partial charge in [0.25, 0.3) is 0 Å². The number of rotatable bonds is 3. The number of halogens is 1. The van der Waals surface area contributed by atoms with Crippen LogP contribution in [0.2, 0.25) is 0 Å².